The summed E-state index contributed by atoms with van der Waals surface area (Å²) in [7, 11) is 0. The summed E-state index contributed by atoms with van der Waals surface area (Å²) in [6.07, 6.45) is 0. The molecule has 0 aliphatic carbocycles. The quantitative estimate of drug-likeness (QED) is 0.938. The number of carbonyl (C=O) groups excluding carboxylic acids is 1. The second kappa shape index (κ2) is 6.02. The van der Waals surface area contributed by atoms with Crippen molar-refractivity contribution in [1.82, 2.24) is 9.88 Å². The zero-order valence-electron chi connectivity index (χ0n) is 13.4. The molecule has 0 saturated heterocycles. The van der Waals surface area contributed by atoms with Crippen LogP contribution in [0.2, 0.25) is 0 Å². The van der Waals surface area contributed by atoms with E-state index in [0.717, 1.165) is 28.0 Å². The molecule has 2 rings (SSSR count). The van der Waals surface area contributed by atoms with Crippen LogP contribution in [0.3, 0.4) is 0 Å². The molecule has 2 aromatic rings. The molecule has 0 unspecified atom stereocenters. The molecular weight excluding hydrogens is 282 g/mol. The van der Waals surface area contributed by atoms with Gasteiger partial charge < -0.3 is 10.6 Å². The lowest BCUT2D eigenvalue weighted by molar-refractivity contribution is 0.0751. The number of amides is 1. The molecule has 0 aliphatic heterocycles. The molecule has 2 aromatic heterocycles. The molecule has 21 heavy (non-hydrogen) atoms. The zero-order chi connectivity index (χ0) is 15.7. The van der Waals surface area contributed by atoms with Gasteiger partial charge in [0.2, 0.25) is 0 Å². The molecule has 0 bridgehead atoms. The second-order valence-corrected chi connectivity index (χ2v) is 6.86. The number of anilines is 1. The maximum Gasteiger partial charge on any atom is 0.266 e. The van der Waals surface area contributed by atoms with Gasteiger partial charge in [0.1, 0.15) is 4.88 Å². The number of carbonyl (C=O) groups is 1. The van der Waals surface area contributed by atoms with Crippen LogP contribution in [0.4, 0.5) is 5.69 Å². The van der Waals surface area contributed by atoms with Gasteiger partial charge in [0.25, 0.3) is 5.91 Å². The van der Waals surface area contributed by atoms with E-state index < -0.39 is 0 Å². The van der Waals surface area contributed by atoms with Gasteiger partial charge in [-0.05, 0) is 32.8 Å². The summed E-state index contributed by atoms with van der Waals surface area (Å²) in [6.45, 7) is 11.6. The molecule has 0 radical (unpaired) electrons. The van der Waals surface area contributed by atoms with Crippen LogP contribution in [0.5, 0.6) is 0 Å². The number of hydrogen-bond acceptors (Lipinski definition) is 4. The molecule has 5 heteroatoms. The molecule has 0 spiro atoms. The van der Waals surface area contributed by atoms with Crippen LogP contribution in [0, 0.1) is 19.8 Å². The van der Waals surface area contributed by atoms with Crippen molar-refractivity contribution >= 4 is 33.0 Å². The summed E-state index contributed by atoms with van der Waals surface area (Å²) in [4.78, 5) is 19.7. The van der Waals surface area contributed by atoms with Crippen LogP contribution in [-0.4, -0.2) is 28.9 Å². The van der Waals surface area contributed by atoms with E-state index in [2.05, 4.69) is 18.8 Å². The minimum Gasteiger partial charge on any atom is -0.397 e. The number of nitrogens with zero attached hydrogens (tertiary/aromatic N) is 2. The highest BCUT2D eigenvalue weighted by molar-refractivity contribution is 7.21. The first kappa shape index (κ1) is 15.8. The van der Waals surface area contributed by atoms with Crippen molar-refractivity contribution in [3.8, 4) is 0 Å². The van der Waals surface area contributed by atoms with Gasteiger partial charge in [-0.3, -0.25) is 9.78 Å². The van der Waals surface area contributed by atoms with E-state index in [9.17, 15) is 4.79 Å². The molecule has 0 fully saturated rings. The summed E-state index contributed by atoms with van der Waals surface area (Å²) >= 11 is 1.47. The smallest absolute Gasteiger partial charge is 0.266 e. The van der Waals surface area contributed by atoms with E-state index in [1.165, 1.54) is 11.3 Å². The normalized spacial score (nSPS) is 11.3. The minimum atomic E-state index is 0.0296. The first-order valence-electron chi connectivity index (χ1n) is 7.30. The average molecular weight is 305 g/mol. The Morgan fingerprint density at radius 2 is 2.10 bits per heavy atom. The molecule has 0 saturated carbocycles. The molecule has 0 atom stereocenters. The Labute approximate surface area is 130 Å². The maximum atomic E-state index is 12.7. The summed E-state index contributed by atoms with van der Waals surface area (Å²) in [5, 5.41) is 0.926. The number of thiophene rings is 1. The minimum absolute atomic E-state index is 0.0296. The van der Waals surface area contributed by atoms with E-state index >= 15 is 0 Å². The number of rotatable bonds is 4. The Bertz CT molecular complexity index is 676. The fraction of sp³-hybridized carbons (Fsp3) is 0.500. The Morgan fingerprint density at radius 1 is 1.43 bits per heavy atom. The molecule has 114 valence electrons. The third kappa shape index (κ3) is 3.02. The standard InChI is InChI=1S/C16H23N3OS/c1-6-19(8-9(2)3)16(20)15-14(17)13-11(5)18-10(4)7-12(13)21-15/h7,9H,6,8,17H2,1-5H3. The van der Waals surface area contributed by atoms with Crippen molar-refractivity contribution in [3.05, 3.63) is 22.3 Å². The fourth-order valence-electron chi connectivity index (χ4n) is 2.58. The van der Waals surface area contributed by atoms with E-state index in [1.807, 2.05) is 31.7 Å². The Morgan fingerprint density at radius 3 is 2.67 bits per heavy atom. The summed E-state index contributed by atoms with van der Waals surface area (Å²) in [5.41, 5.74) is 8.66. The van der Waals surface area contributed by atoms with E-state index in [-0.39, 0.29) is 5.91 Å². The van der Waals surface area contributed by atoms with Gasteiger partial charge in [0.05, 0.1) is 5.69 Å². The average Bonchev–Trinajstić information content (AvgIpc) is 2.72. The Hall–Kier alpha value is -1.62. The van der Waals surface area contributed by atoms with Gasteiger partial charge in [-0.1, -0.05) is 13.8 Å². The first-order valence-corrected chi connectivity index (χ1v) is 8.12. The summed E-state index contributed by atoms with van der Waals surface area (Å²) < 4.78 is 1.04. The van der Waals surface area contributed by atoms with Crippen molar-refractivity contribution in [1.29, 1.82) is 0 Å². The number of hydrogen-bond donors (Lipinski definition) is 1. The molecular formula is C16H23N3OS. The van der Waals surface area contributed by atoms with E-state index in [1.54, 1.807) is 0 Å². The van der Waals surface area contributed by atoms with Crippen molar-refractivity contribution in [2.24, 2.45) is 5.92 Å². The van der Waals surface area contributed by atoms with Crippen molar-refractivity contribution in [2.75, 3.05) is 18.8 Å². The van der Waals surface area contributed by atoms with Crippen LogP contribution in [0.1, 0.15) is 41.8 Å². The number of nitrogens with two attached hydrogens (primary N) is 1. The molecule has 1 amide bonds. The van der Waals surface area contributed by atoms with Crippen LogP contribution in [0.25, 0.3) is 10.1 Å². The van der Waals surface area contributed by atoms with E-state index in [4.69, 9.17) is 5.73 Å². The number of nitrogen functional groups attached to an aromatic ring is 1. The third-order valence-electron chi connectivity index (χ3n) is 3.47. The lowest BCUT2D eigenvalue weighted by Crippen LogP contribution is -2.33. The summed E-state index contributed by atoms with van der Waals surface area (Å²) in [5.74, 6) is 0.470. The van der Waals surface area contributed by atoms with Crippen molar-refractivity contribution in [3.63, 3.8) is 0 Å². The lowest BCUT2D eigenvalue weighted by Gasteiger charge is -2.22. The van der Waals surface area contributed by atoms with Gasteiger partial charge in [-0.15, -0.1) is 11.3 Å². The van der Waals surface area contributed by atoms with Gasteiger partial charge in [-0.2, -0.15) is 0 Å². The molecule has 0 aromatic carbocycles. The highest BCUT2D eigenvalue weighted by atomic mass is 32.1. The SMILES string of the molecule is CCN(CC(C)C)C(=O)c1sc2cc(C)nc(C)c2c1N. The predicted molar refractivity (Wildman–Crippen MR) is 89.9 cm³/mol. The van der Waals surface area contributed by atoms with Crippen molar-refractivity contribution < 1.29 is 4.79 Å². The maximum absolute atomic E-state index is 12.7. The van der Waals surface area contributed by atoms with Crippen LogP contribution < -0.4 is 5.73 Å². The highest BCUT2D eigenvalue weighted by Crippen LogP contribution is 2.36. The monoisotopic (exact) mass is 305 g/mol. The second-order valence-electron chi connectivity index (χ2n) is 5.80. The van der Waals surface area contributed by atoms with Gasteiger partial charge in [-0.25, -0.2) is 0 Å². The number of pyridine rings is 1. The van der Waals surface area contributed by atoms with Crippen LogP contribution >= 0.6 is 11.3 Å². The van der Waals surface area contributed by atoms with E-state index in [0.29, 0.717) is 23.0 Å². The van der Waals surface area contributed by atoms with Crippen LogP contribution in [-0.2, 0) is 0 Å². The summed E-state index contributed by atoms with van der Waals surface area (Å²) in [6, 6.07) is 2.00. The van der Waals surface area contributed by atoms with Gasteiger partial charge >= 0.3 is 0 Å². The number of fused-ring (bicyclic) bond motifs is 1. The van der Waals surface area contributed by atoms with Crippen molar-refractivity contribution in [2.45, 2.75) is 34.6 Å². The molecule has 2 heterocycles. The predicted octanol–water partition coefficient (Wildman–Crippen LogP) is 3.61. The molecule has 0 aliphatic rings. The number of aryl methyl sites for hydroxylation is 2. The largest absolute Gasteiger partial charge is 0.397 e. The zero-order valence-corrected chi connectivity index (χ0v) is 14.2. The third-order valence-corrected chi connectivity index (χ3v) is 4.61. The molecule has 4 nitrogen and oxygen atoms in total. The number of aromatic nitrogens is 1. The topological polar surface area (TPSA) is 59.2 Å². The van der Waals surface area contributed by atoms with Gasteiger partial charge in [0, 0.05) is 34.6 Å². The Balaban J connectivity index is 2.49. The fourth-order valence-corrected chi connectivity index (χ4v) is 3.82. The molecule has 2 N–H and O–H groups in total. The highest BCUT2D eigenvalue weighted by Gasteiger charge is 2.22. The Kier molecular flexibility index (Phi) is 4.52. The van der Waals surface area contributed by atoms with Crippen LogP contribution in [0.15, 0.2) is 6.07 Å². The van der Waals surface area contributed by atoms with Gasteiger partial charge in [0.15, 0.2) is 0 Å². The first-order chi connectivity index (χ1) is 9.85. The lowest BCUT2D eigenvalue weighted by atomic mass is 10.1.